The fourth-order valence-electron chi connectivity index (χ4n) is 2.71. The molecule has 2 aromatic rings. The lowest BCUT2D eigenvalue weighted by atomic mass is 9.96. The first-order valence-electron chi connectivity index (χ1n) is 6.71. The molecule has 20 heavy (non-hydrogen) atoms. The molecule has 3 rings (SSSR count). The molecule has 0 spiro atoms. The molecule has 5 nitrogen and oxygen atoms in total. The van der Waals surface area contributed by atoms with Crippen molar-refractivity contribution in [3.05, 3.63) is 47.9 Å². The quantitative estimate of drug-likeness (QED) is 0.646. The average molecular weight is 267 g/mol. The summed E-state index contributed by atoms with van der Waals surface area (Å²) in [6, 6.07) is 8.60. The molecular weight excluding hydrogens is 250 g/mol. The highest BCUT2D eigenvalue weighted by atomic mass is 15.2. The number of rotatable bonds is 2. The second kappa shape index (κ2) is 4.92. The van der Waals surface area contributed by atoms with E-state index in [2.05, 4.69) is 40.0 Å². The standard InChI is InChI=1S/C15H17N5/c1-10-6-7-11-4-2-3-5-12(11)20(10)15-13(14(16)17)18-8-9-19-15/h2-5,8-10H,6-7H2,1H3,(H3,16,17). The maximum atomic E-state index is 7.69. The molecule has 0 fully saturated rings. The first kappa shape index (κ1) is 12.6. The molecule has 0 saturated heterocycles. The second-order valence-electron chi connectivity index (χ2n) is 5.03. The number of fused-ring (bicyclic) bond motifs is 1. The minimum absolute atomic E-state index is 0.0524. The van der Waals surface area contributed by atoms with Gasteiger partial charge in [-0.3, -0.25) is 5.41 Å². The van der Waals surface area contributed by atoms with Gasteiger partial charge in [-0.05, 0) is 31.4 Å². The number of hydrogen-bond acceptors (Lipinski definition) is 4. The van der Waals surface area contributed by atoms with E-state index >= 15 is 0 Å². The smallest absolute Gasteiger partial charge is 0.163 e. The minimum atomic E-state index is -0.0524. The van der Waals surface area contributed by atoms with Gasteiger partial charge in [-0.25, -0.2) is 9.97 Å². The first-order chi connectivity index (χ1) is 9.68. The van der Waals surface area contributed by atoms with Crippen molar-refractivity contribution in [1.82, 2.24) is 9.97 Å². The second-order valence-corrected chi connectivity index (χ2v) is 5.03. The Morgan fingerprint density at radius 2 is 2.05 bits per heavy atom. The number of nitrogen functional groups attached to an aromatic ring is 1. The minimum Gasteiger partial charge on any atom is -0.382 e. The Morgan fingerprint density at radius 1 is 1.30 bits per heavy atom. The summed E-state index contributed by atoms with van der Waals surface area (Å²) in [5, 5.41) is 7.69. The van der Waals surface area contributed by atoms with Gasteiger partial charge in [-0.2, -0.15) is 0 Å². The molecule has 102 valence electrons. The number of amidine groups is 1. The van der Waals surface area contributed by atoms with Crippen LogP contribution >= 0.6 is 0 Å². The van der Waals surface area contributed by atoms with E-state index in [-0.39, 0.29) is 5.84 Å². The third-order valence-corrected chi connectivity index (χ3v) is 3.69. The summed E-state index contributed by atoms with van der Waals surface area (Å²) in [7, 11) is 0. The highest BCUT2D eigenvalue weighted by Crippen LogP contribution is 2.36. The number of nitrogens with zero attached hydrogens (tertiary/aromatic N) is 3. The summed E-state index contributed by atoms with van der Waals surface area (Å²) >= 11 is 0. The van der Waals surface area contributed by atoms with Gasteiger partial charge in [-0.1, -0.05) is 18.2 Å². The van der Waals surface area contributed by atoms with Crippen LogP contribution in [-0.2, 0) is 6.42 Å². The molecule has 1 atom stereocenters. The predicted molar refractivity (Wildman–Crippen MR) is 79.4 cm³/mol. The van der Waals surface area contributed by atoms with Crippen LogP contribution in [0.3, 0.4) is 0 Å². The summed E-state index contributed by atoms with van der Waals surface area (Å²) in [6.07, 6.45) is 5.32. The number of anilines is 2. The van der Waals surface area contributed by atoms with E-state index in [1.807, 2.05) is 6.07 Å². The average Bonchev–Trinajstić information content (AvgIpc) is 2.47. The highest BCUT2D eigenvalue weighted by molar-refractivity contribution is 5.98. The molecule has 3 N–H and O–H groups in total. The van der Waals surface area contributed by atoms with E-state index < -0.39 is 0 Å². The Labute approximate surface area is 118 Å². The monoisotopic (exact) mass is 267 g/mol. The number of para-hydroxylation sites is 1. The van der Waals surface area contributed by atoms with Crippen molar-refractivity contribution in [2.75, 3.05) is 4.90 Å². The van der Waals surface area contributed by atoms with Gasteiger partial charge < -0.3 is 10.6 Å². The van der Waals surface area contributed by atoms with Crippen LogP contribution in [0.5, 0.6) is 0 Å². The van der Waals surface area contributed by atoms with Crippen molar-refractivity contribution in [3.63, 3.8) is 0 Å². The van der Waals surface area contributed by atoms with Crippen LogP contribution in [0.4, 0.5) is 11.5 Å². The molecule has 1 aromatic carbocycles. The Kier molecular flexibility index (Phi) is 3.10. The van der Waals surface area contributed by atoms with E-state index in [1.165, 1.54) is 5.56 Å². The van der Waals surface area contributed by atoms with Gasteiger partial charge in [0.2, 0.25) is 0 Å². The molecule has 5 heteroatoms. The van der Waals surface area contributed by atoms with Crippen LogP contribution in [0.1, 0.15) is 24.6 Å². The van der Waals surface area contributed by atoms with Crippen molar-refractivity contribution < 1.29 is 0 Å². The van der Waals surface area contributed by atoms with Crippen LogP contribution in [0.2, 0.25) is 0 Å². The highest BCUT2D eigenvalue weighted by Gasteiger charge is 2.27. The van der Waals surface area contributed by atoms with Gasteiger partial charge in [0.15, 0.2) is 5.82 Å². The fraction of sp³-hybridized carbons (Fsp3) is 0.267. The van der Waals surface area contributed by atoms with E-state index in [4.69, 9.17) is 11.1 Å². The van der Waals surface area contributed by atoms with E-state index in [1.54, 1.807) is 12.4 Å². The number of nitrogens with one attached hydrogen (secondary N) is 1. The van der Waals surface area contributed by atoms with E-state index in [0.29, 0.717) is 17.6 Å². The number of nitrogens with two attached hydrogens (primary N) is 1. The molecule has 0 amide bonds. The van der Waals surface area contributed by atoms with Crippen LogP contribution < -0.4 is 10.6 Å². The topological polar surface area (TPSA) is 78.9 Å². The fourth-order valence-corrected chi connectivity index (χ4v) is 2.71. The molecule has 1 aliphatic rings. The molecular formula is C15H17N5. The summed E-state index contributed by atoms with van der Waals surface area (Å²) in [6.45, 7) is 2.16. The van der Waals surface area contributed by atoms with Crippen molar-refractivity contribution in [1.29, 1.82) is 5.41 Å². The van der Waals surface area contributed by atoms with Gasteiger partial charge in [0.1, 0.15) is 11.5 Å². The lowest BCUT2D eigenvalue weighted by Crippen LogP contribution is -2.35. The largest absolute Gasteiger partial charge is 0.382 e. The summed E-state index contributed by atoms with van der Waals surface area (Å²) in [5.74, 6) is 0.614. The van der Waals surface area contributed by atoms with Crippen LogP contribution in [0, 0.1) is 5.41 Å². The Hall–Kier alpha value is -2.43. The molecule has 0 aliphatic carbocycles. The molecule has 0 bridgehead atoms. The summed E-state index contributed by atoms with van der Waals surface area (Å²) in [4.78, 5) is 10.8. The zero-order chi connectivity index (χ0) is 14.1. The van der Waals surface area contributed by atoms with Crippen molar-refractivity contribution in [2.45, 2.75) is 25.8 Å². The Bertz CT molecular complexity index is 652. The summed E-state index contributed by atoms with van der Waals surface area (Å²) in [5.41, 5.74) is 8.51. The molecule has 1 unspecified atom stereocenters. The van der Waals surface area contributed by atoms with Gasteiger partial charge in [-0.15, -0.1) is 0 Å². The lowest BCUT2D eigenvalue weighted by molar-refractivity contribution is 0.612. The Morgan fingerprint density at radius 3 is 2.85 bits per heavy atom. The van der Waals surface area contributed by atoms with Gasteiger partial charge in [0.05, 0.1) is 0 Å². The first-order valence-corrected chi connectivity index (χ1v) is 6.71. The van der Waals surface area contributed by atoms with Crippen molar-refractivity contribution >= 4 is 17.3 Å². The van der Waals surface area contributed by atoms with Gasteiger partial charge in [0.25, 0.3) is 0 Å². The lowest BCUT2D eigenvalue weighted by Gasteiger charge is -2.36. The SMILES string of the molecule is CC1CCc2ccccc2N1c1nccnc1C(=N)N. The van der Waals surface area contributed by atoms with E-state index in [9.17, 15) is 0 Å². The molecule has 0 radical (unpaired) electrons. The summed E-state index contributed by atoms with van der Waals surface area (Å²) < 4.78 is 0. The predicted octanol–water partition coefficient (Wildman–Crippen LogP) is 2.23. The third kappa shape index (κ3) is 2.01. The normalized spacial score (nSPS) is 17.6. The zero-order valence-corrected chi connectivity index (χ0v) is 11.4. The van der Waals surface area contributed by atoms with Crippen molar-refractivity contribution in [2.24, 2.45) is 5.73 Å². The van der Waals surface area contributed by atoms with Crippen molar-refractivity contribution in [3.8, 4) is 0 Å². The molecule has 1 aromatic heterocycles. The van der Waals surface area contributed by atoms with Crippen LogP contribution in [0.15, 0.2) is 36.7 Å². The van der Waals surface area contributed by atoms with E-state index in [0.717, 1.165) is 18.5 Å². The Balaban J connectivity index is 2.17. The molecule has 1 aliphatic heterocycles. The molecule has 2 heterocycles. The maximum absolute atomic E-state index is 7.69. The van der Waals surface area contributed by atoms with Gasteiger partial charge >= 0.3 is 0 Å². The van der Waals surface area contributed by atoms with Crippen LogP contribution in [-0.4, -0.2) is 21.8 Å². The maximum Gasteiger partial charge on any atom is 0.163 e. The van der Waals surface area contributed by atoms with Crippen LogP contribution in [0.25, 0.3) is 0 Å². The number of benzene rings is 1. The number of aryl methyl sites for hydroxylation is 1. The molecule has 0 saturated carbocycles. The number of hydrogen-bond donors (Lipinski definition) is 2. The zero-order valence-electron chi connectivity index (χ0n) is 11.4. The number of aromatic nitrogens is 2. The third-order valence-electron chi connectivity index (χ3n) is 3.69. The van der Waals surface area contributed by atoms with Gasteiger partial charge in [0, 0.05) is 24.1 Å².